The number of carbonyl (C=O) groups excluding carboxylic acids is 2. The van der Waals surface area contributed by atoms with E-state index in [4.69, 9.17) is 4.74 Å². The molecule has 0 radical (unpaired) electrons. The average Bonchev–Trinajstić information content (AvgIpc) is 2.85. The molecule has 6 nitrogen and oxygen atoms in total. The van der Waals surface area contributed by atoms with Crippen molar-refractivity contribution in [2.45, 2.75) is 25.6 Å². The van der Waals surface area contributed by atoms with Gasteiger partial charge in [0.15, 0.2) is 0 Å². The minimum absolute atomic E-state index is 0.0324. The quantitative estimate of drug-likeness (QED) is 0.753. The summed E-state index contributed by atoms with van der Waals surface area (Å²) < 4.78 is 46.9. The molecule has 9 heteroatoms. The van der Waals surface area contributed by atoms with E-state index in [-0.39, 0.29) is 24.5 Å². The van der Waals surface area contributed by atoms with Gasteiger partial charge in [0.25, 0.3) is 0 Å². The smallest absolute Gasteiger partial charge is 0.409 e. The number of hydrogen-bond donors (Lipinski definition) is 1. The lowest BCUT2D eigenvalue weighted by Gasteiger charge is -2.32. The maximum Gasteiger partial charge on any atom is 0.409 e. The summed E-state index contributed by atoms with van der Waals surface area (Å²) in [6.45, 7) is 2.31. The zero-order chi connectivity index (χ0) is 22.6. The van der Waals surface area contributed by atoms with Crippen molar-refractivity contribution >= 4 is 23.2 Å². The number of para-hydroxylation sites is 2. The van der Waals surface area contributed by atoms with Crippen molar-refractivity contribution in [3.8, 4) is 5.75 Å². The maximum atomic E-state index is 13.7. The second kappa shape index (κ2) is 9.38. The zero-order valence-corrected chi connectivity index (χ0v) is 17.3. The Labute approximate surface area is 178 Å². The van der Waals surface area contributed by atoms with Crippen LogP contribution in [-0.2, 0) is 9.59 Å². The molecule has 2 amide bonds. The van der Waals surface area contributed by atoms with E-state index in [0.717, 1.165) is 5.56 Å². The Morgan fingerprint density at radius 1 is 1.19 bits per heavy atom. The predicted molar refractivity (Wildman–Crippen MR) is 111 cm³/mol. The largest absolute Gasteiger partial charge is 0.492 e. The first kappa shape index (κ1) is 22.6. The van der Waals surface area contributed by atoms with Crippen LogP contribution >= 0.6 is 0 Å². The van der Waals surface area contributed by atoms with E-state index in [0.29, 0.717) is 17.2 Å². The number of nitrogens with one attached hydrogen (secondary N) is 1. The van der Waals surface area contributed by atoms with Crippen molar-refractivity contribution in [3.63, 3.8) is 0 Å². The number of rotatable bonds is 6. The molecule has 166 valence electrons. The summed E-state index contributed by atoms with van der Waals surface area (Å²) in [4.78, 5) is 27.3. The van der Waals surface area contributed by atoms with Crippen LogP contribution in [0.4, 0.5) is 24.5 Å². The lowest BCUT2D eigenvalue weighted by Crippen LogP contribution is -2.52. The number of nitrogens with zero attached hydrogens (tertiary/aromatic N) is 2. The van der Waals surface area contributed by atoms with Gasteiger partial charge in [-0.3, -0.25) is 19.4 Å². The lowest BCUT2D eigenvalue weighted by atomic mass is 10.1. The number of fused-ring (bicyclic) bond motifs is 1. The highest BCUT2D eigenvalue weighted by atomic mass is 19.4. The van der Waals surface area contributed by atoms with Gasteiger partial charge in [0, 0.05) is 6.54 Å². The zero-order valence-electron chi connectivity index (χ0n) is 17.3. The highest BCUT2D eigenvalue weighted by molar-refractivity contribution is 6.05. The van der Waals surface area contributed by atoms with E-state index in [1.807, 2.05) is 31.2 Å². The fraction of sp³-hybridized carbons (Fsp3) is 0.364. The van der Waals surface area contributed by atoms with E-state index in [9.17, 15) is 22.8 Å². The summed E-state index contributed by atoms with van der Waals surface area (Å²) in [5.74, 6) is -0.859. The molecule has 0 bridgehead atoms. The molecule has 1 aliphatic rings. The SMILES string of the molecule is Cc1ccc(OCCN(C)CC(=O)N2c3ccccc3NC(=O)CC2C(F)(F)F)cc1. The number of anilines is 2. The second-order valence-corrected chi connectivity index (χ2v) is 7.49. The van der Waals surface area contributed by atoms with Gasteiger partial charge in [-0.25, -0.2) is 0 Å². The molecule has 1 unspecified atom stereocenters. The number of benzene rings is 2. The minimum Gasteiger partial charge on any atom is -0.492 e. The number of hydrogen-bond acceptors (Lipinski definition) is 4. The molecule has 1 atom stereocenters. The fourth-order valence-corrected chi connectivity index (χ4v) is 3.34. The first-order chi connectivity index (χ1) is 14.6. The third-order valence-corrected chi connectivity index (χ3v) is 4.94. The molecule has 2 aromatic rings. The predicted octanol–water partition coefficient (Wildman–Crippen LogP) is 3.61. The van der Waals surface area contributed by atoms with Gasteiger partial charge < -0.3 is 10.1 Å². The minimum atomic E-state index is -4.75. The lowest BCUT2D eigenvalue weighted by molar-refractivity contribution is -0.158. The summed E-state index contributed by atoms with van der Waals surface area (Å²) in [5.41, 5.74) is 1.31. The van der Waals surface area contributed by atoms with Crippen LogP contribution in [0.2, 0.25) is 0 Å². The molecule has 1 heterocycles. The first-order valence-electron chi connectivity index (χ1n) is 9.81. The number of ether oxygens (including phenoxy) is 1. The fourth-order valence-electron chi connectivity index (χ4n) is 3.34. The molecule has 0 spiro atoms. The molecule has 0 saturated heterocycles. The number of carbonyl (C=O) groups is 2. The first-order valence-corrected chi connectivity index (χ1v) is 9.81. The van der Waals surface area contributed by atoms with E-state index in [1.165, 1.54) is 18.2 Å². The molecule has 0 aromatic heterocycles. The molecule has 0 aliphatic carbocycles. The van der Waals surface area contributed by atoms with E-state index in [1.54, 1.807) is 18.0 Å². The van der Waals surface area contributed by atoms with Crippen molar-refractivity contribution < 1.29 is 27.5 Å². The molecule has 0 saturated carbocycles. The summed E-state index contributed by atoms with van der Waals surface area (Å²) in [6, 6.07) is 11.2. The molecule has 3 rings (SSSR count). The molecule has 1 N–H and O–H groups in total. The van der Waals surface area contributed by atoms with Crippen molar-refractivity contribution in [3.05, 3.63) is 54.1 Å². The monoisotopic (exact) mass is 435 g/mol. The number of alkyl halides is 3. The van der Waals surface area contributed by atoms with Gasteiger partial charge in [-0.1, -0.05) is 29.8 Å². The summed E-state index contributed by atoms with van der Waals surface area (Å²) >= 11 is 0. The van der Waals surface area contributed by atoms with Crippen LogP contribution in [0.5, 0.6) is 5.75 Å². The van der Waals surface area contributed by atoms with E-state index < -0.39 is 30.5 Å². The van der Waals surface area contributed by atoms with Crippen molar-refractivity contribution in [2.75, 3.05) is 37.0 Å². The van der Waals surface area contributed by atoms with Gasteiger partial charge in [-0.05, 0) is 38.2 Å². The van der Waals surface area contributed by atoms with Crippen LogP contribution in [0.15, 0.2) is 48.5 Å². The van der Waals surface area contributed by atoms with Gasteiger partial charge in [0.05, 0.1) is 24.3 Å². The molecular weight excluding hydrogens is 411 g/mol. The Kier molecular flexibility index (Phi) is 6.84. The number of halogens is 3. The number of amides is 2. The number of likely N-dealkylation sites (N-methyl/N-ethyl adjacent to an activating group) is 1. The molecule has 2 aromatic carbocycles. The Morgan fingerprint density at radius 2 is 1.87 bits per heavy atom. The third kappa shape index (κ3) is 5.75. The summed E-state index contributed by atoms with van der Waals surface area (Å²) in [6.07, 6.45) is -5.61. The Balaban J connectivity index is 1.71. The third-order valence-electron chi connectivity index (χ3n) is 4.94. The van der Waals surface area contributed by atoms with E-state index >= 15 is 0 Å². The van der Waals surface area contributed by atoms with Gasteiger partial charge in [0.2, 0.25) is 11.8 Å². The van der Waals surface area contributed by atoms with Crippen LogP contribution in [-0.4, -0.2) is 55.7 Å². The highest BCUT2D eigenvalue weighted by Crippen LogP contribution is 2.37. The molecule has 0 fully saturated rings. The van der Waals surface area contributed by atoms with Crippen molar-refractivity contribution in [1.29, 1.82) is 0 Å². The van der Waals surface area contributed by atoms with Crippen LogP contribution < -0.4 is 15.0 Å². The maximum absolute atomic E-state index is 13.7. The van der Waals surface area contributed by atoms with Crippen LogP contribution in [0, 0.1) is 6.92 Å². The van der Waals surface area contributed by atoms with Crippen LogP contribution in [0.3, 0.4) is 0 Å². The van der Waals surface area contributed by atoms with Gasteiger partial charge in [-0.2, -0.15) is 13.2 Å². The summed E-state index contributed by atoms with van der Waals surface area (Å²) in [5, 5.41) is 2.45. The van der Waals surface area contributed by atoms with Gasteiger partial charge in [-0.15, -0.1) is 0 Å². The number of aryl methyl sites for hydroxylation is 1. The van der Waals surface area contributed by atoms with Crippen molar-refractivity contribution in [1.82, 2.24) is 4.90 Å². The van der Waals surface area contributed by atoms with E-state index in [2.05, 4.69) is 5.32 Å². The summed E-state index contributed by atoms with van der Waals surface area (Å²) in [7, 11) is 1.63. The normalized spacial score (nSPS) is 16.5. The topological polar surface area (TPSA) is 61.9 Å². The molecular formula is C22H24F3N3O3. The molecule has 1 aliphatic heterocycles. The van der Waals surface area contributed by atoms with Crippen molar-refractivity contribution in [2.24, 2.45) is 0 Å². The van der Waals surface area contributed by atoms with Gasteiger partial charge >= 0.3 is 6.18 Å². The standard InChI is InChI=1S/C22H24F3N3O3/c1-15-7-9-16(10-8-15)31-12-11-27(2)14-21(30)28-18-6-4-3-5-17(18)26-20(29)13-19(28)22(23,24)25/h3-10,19H,11-14H2,1-2H3,(H,26,29). The average molecular weight is 435 g/mol. The van der Waals surface area contributed by atoms with Crippen LogP contribution in [0.25, 0.3) is 0 Å². The van der Waals surface area contributed by atoms with Gasteiger partial charge in [0.1, 0.15) is 18.4 Å². The Bertz CT molecular complexity index is 932. The second-order valence-electron chi connectivity index (χ2n) is 7.49. The Hall–Kier alpha value is -3.07. The van der Waals surface area contributed by atoms with Crippen LogP contribution in [0.1, 0.15) is 12.0 Å². The Morgan fingerprint density at radius 3 is 2.55 bits per heavy atom. The molecule has 31 heavy (non-hydrogen) atoms. The highest BCUT2D eigenvalue weighted by Gasteiger charge is 2.49.